The quantitative estimate of drug-likeness (QED) is 0.728. The zero-order valence-electron chi connectivity index (χ0n) is 15.9. The third kappa shape index (κ3) is 4.59. The highest BCUT2D eigenvalue weighted by Crippen LogP contribution is 2.33. The number of likely N-dealkylation sites (tertiary alicyclic amines) is 1. The second-order valence-electron chi connectivity index (χ2n) is 7.11. The van der Waals surface area contributed by atoms with Crippen LogP contribution < -0.4 is 15.4 Å². The normalized spacial score (nSPS) is 21.0. The van der Waals surface area contributed by atoms with Crippen LogP contribution in [0.4, 0.5) is 5.69 Å². The van der Waals surface area contributed by atoms with E-state index in [9.17, 15) is 9.59 Å². The van der Waals surface area contributed by atoms with Gasteiger partial charge in [-0.3, -0.25) is 9.59 Å². The molecule has 2 heterocycles. The van der Waals surface area contributed by atoms with Gasteiger partial charge in [-0.1, -0.05) is 12.1 Å². The fourth-order valence-corrected chi connectivity index (χ4v) is 3.79. The zero-order valence-corrected chi connectivity index (χ0v) is 15.9. The Balaban J connectivity index is 1.55. The molecule has 2 aliphatic rings. The standard InChI is InChI=1S/C20H29N3O4/c1-26-18-6-3-2-5-17(18)23-14-15(13-19(23)24)20(25)22-10-7-16(8-11-22)27-12-4-9-21/h2-3,5-6,15-16H,4,7-14,21H2,1H3. The molecule has 2 N–H and O–H groups in total. The summed E-state index contributed by atoms with van der Waals surface area (Å²) in [6, 6.07) is 7.42. The summed E-state index contributed by atoms with van der Waals surface area (Å²) < 4.78 is 11.2. The molecule has 2 fully saturated rings. The topological polar surface area (TPSA) is 85.1 Å². The highest BCUT2D eigenvalue weighted by molar-refractivity contribution is 6.01. The van der Waals surface area contributed by atoms with Gasteiger partial charge in [-0.2, -0.15) is 0 Å². The predicted octanol–water partition coefficient (Wildman–Crippen LogP) is 1.40. The van der Waals surface area contributed by atoms with Crippen LogP contribution in [0.25, 0.3) is 0 Å². The number of methoxy groups -OCH3 is 1. The number of rotatable bonds is 7. The van der Waals surface area contributed by atoms with Gasteiger partial charge in [0.2, 0.25) is 11.8 Å². The molecular formula is C20H29N3O4. The molecule has 1 aromatic rings. The first-order valence-electron chi connectivity index (χ1n) is 9.68. The Morgan fingerprint density at radius 1 is 1.26 bits per heavy atom. The van der Waals surface area contributed by atoms with Crippen LogP contribution in [0.15, 0.2) is 24.3 Å². The molecule has 0 spiro atoms. The Kier molecular flexibility index (Phi) is 6.68. The lowest BCUT2D eigenvalue weighted by Gasteiger charge is -2.33. The van der Waals surface area contributed by atoms with E-state index in [4.69, 9.17) is 15.2 Å². The van der Waals surface area contributed by atoms with Crippen LogP contribution >= 0.6 is 0 Å². The van der Waals surface area contributed by atoms with Crippen LogP contribution in [0.2, 0.25) is 0 Å². The highest BCUT2D eigenvalue weighted by Gasteiger charge is 2.38. The number of ether oxygens (including phenoxy) is 2. The van der Waals surface area contributed by atoms with E-state index in [1.165, 1.54) is 0 Å². The van der Waals surface area contributed by atoms with Gasteiger partial charge in [0.15, 0.2) is 0 Å². The van der Waals surface area contributed by atoms with Crippen LogP contribution in [0.1, 0.15) is 25.7 Å². The Morgan fingerprint density at radius 3 is 2.70 bits per heavy atom. The van der Waals surface area contributed by atoms with Crippen LogP contribution in [0, 0.1) is 5.92 Å². The van der Waals surface area contributed by atoms with Gasteiger partial charge in [-0.25, -0.2) is 0 Å². The van der Waals surface area contributed by atoms with Crippen molar-refractivity contribution in [2.24, 2.45) is 11.7 Å². The van der Waals surface area contributed by atoms with Gasteiger partial charge in [0.05, 0.1) is 24.8 Å². The van der Waals surface area contributed by atoms with Crippen molar-refractivity contribution in [3.05, 3.63) is 24.3 Å². The summed E-state index contributed by atoms with van der Waals surface area (Å²) in [6.07, 6.45) is 3.00. The number of para-hydroxylation sites is 2. The van der Waals surface area contributed by atoms with Gasteiger partial charge < -0.3 is 25.0 Å². The number of benzene rings is 1. The maximum atomic E-state index is 12.9. The third-order valence-corrected chi connectivity index (χ3v) is 5.31. The second-order valence-corrected chi connectivity index (χ2v) is 7.11. The lowest BCUT2D eigenvalue weighted by atomic mass is 10.0. The van der Waals surface area contributed by atoms with Crippen molar-refractivity contribution in [2.75, 3.05) is 44.8 Å². The summed E-state index contributed by atoms with van der Waals surface area (Å²) in [5.74, 6) is 0.394. The summed E-state index contributed by atoms with van der Waals surface area (Å²) in [4.78, 5) is 29.0. The molecule has 1 aromatic carbocycles. The van der Waals surface area contributed by atoms with E-state index in [2.05, 4.69) is 0 Å². The molecule has 2 aliphatic heterocycles. The van der Waals surface area contributed by atoms with Crippen molar-refractivity contribution < 1.29 is 19.1 Å². The van der Waals surface area contributed by atoms with Crippen molar-refractivity contribution in [1.82, 2.24) is 4.90 Å². The lowest BCUT2D eigenvalue weighted by molar-refractivity contribution is -0.138. The molecule has 0 saturated carbocycles. The van der Waals surface area contributed by atoms with E-state index >= 15 is 0 Å². The first kappa shape index (κ1) is 19.6. The zero-order chi connectivity index (χ0) is 19.2. The molecule has 0 radical (unpaired) electrons. The molecule has 1 unspecified atom stereocenters. The Morgan fingerprint density at radius 2 is 2.00 bits per heavy atom. The highest BCUT2D eigenvalue weighted by atomic mass is 16.5. The van der Waals surface area contributed by atoms with Gasteiger partial charge >= 0.3 is 0 Å². The summed E-state index contributed by atoms with van der Waals surface area (Å²) >= 11 is 0. The molecule has 1 atom stereocenters. The number of piperidine rings is 1. The van der Waals surface area contributed by atoms with Gasteiger partial charge in [0.25, 0.3) is 0 Å². The van der Waals surface area contributed by atoms with Gasteiger partial charge in [0, 0.05) is 32.7 Å². The van der Waals surface area contributed by atoms with Crippen LogP contribution in [0.5, 0.6) is 5.75 Å². The van der Waals surface area contributed by atoms with Crippen LogP contribution in [-0.4, -0.2) is 62.7 Å². The van der Waals surface area contributed by atoms with Crippen molar-refractivity contribution in [1.29, 1.82) is 0 Å². The minimum atomic E-state index is -0.294. The Bertz CT molecular complexity index is 658. The van der Waals surface area contributed by atoms with Crippen LogP contribution in [0.3, 0.4) is 0 Å². The summed E-state index contributed by atoms with van der Waals surface area (Å²) in [6.45, 7) is 3.10. The van der Waals surface area contributed by atoms with Gasteiger partial charge in [0.1, 0.15) is 5.75 Å². The average Bonchev–Trinajstić information content (AvgIpc) is 3.09. The molecule has 3 rings (SSSR count). The molecule has 0 bridgehead atoms. The number of nitrogens with two attached hydrogens (primary N) is 1. The van der Waals surface area contributed by atoms with E-state index < -0.39 is 0 Å². The van der Waals surface area contributed by atoms with Crippen molar-refractivity contribution in [3.8, 4) is 5.75 Å². The summed E-state index contributed by atoms with van der Waals surface area (Å²) in [5, 5.41) is 0. The maximum absolute atomic E-state index is 12.9. The molecule has 7 nitrogen and oxygen atoms in total. The molecular weight excluding hydrogens is 346 g/mol. The number of amides is 2. The third-order valence-electron chi connectivity index (χ3n) is 5.31. The van der Waals surface area contributed by atoms with E-state index in [0.717, 1.165) is 24.9 Å². The molecule has 2 saturated heterocycles. The first-order chi connectivity index (χ1) is 13.1. The number of carbonyl (C=O) groups is 2. The number of hydrogen-bond acceptors (Lipinski definition) is 5. The Hall–Kier alpha value is -2.12. The maximum Gasteiger partial charge on any atom is 0.228 e. The average molecular weight is 375 g/mol. The summed E-state index contributed by atoms with van der Waals surface area (Å²) in [7, 11) is 1.59. The molecule has 27 heavy (non-hydrogen) atoms. The smallest absolute Gasteiger partial charge is 0.228 e. The number of nitrogens with zero attached hydrogens (tertiary/aromatic N) is 2. The van der Waals surface area contributed by atoms with Crippen molar-refractivity contribution in [3.63, 3.8) is 0 Å². The van der Waals surface area contributed by atoms with Crippen LogP contribution in [-0.2, 0) is 14.3 Å². The largest absolute Gasteiger partial charge is 0.495 e. The fourth-order valence-electron chi connectivity index (χ4n) is 3.79. The SMILES string of the molecule is COc1ccccc1N1CC(C(=O)N2CCC(OCCCN)CC2)CC1=O. The second kappa shape index (κ2) is 9.19. The first-order valence-corrected chi connectivity index (χ1v) is 9.68. The molecule has 0 aliphatic carbocycles. The van der Waals surface area contributed by atoms with E-state index in [1.807, 2.05) is 29.2 Å². The van der Waals surface area contributed by atoms with Crippen molar-refractivity contribution in [2.45, 2.75) is 31.8 Å². The number of hydrogen-bond donors (Lipinski definition) is 1. The Labute approximate surface area is 160 Å². The van der Waals surface area contributed by atoms with E-state index in [-0.39, 0.29) is 30.3 Å². The van der Waals surface area contributed by atoms with E-state index in [1.54, 1.807) is 12.0 Å². The predicted molar refractivity (Wildman–Crippen MR) is 103 cm³/mol. The molecule has 7 heteroatoms. The van der Waals surface area contributed by atoms with Crippen molar-refractivity contribution >= 4 is 17.5 Å². The van der Waals surface area contributed by atoms with E-state index in [0.29, 0.717) is 38.5 Å². The number of carbonyl (C=O) groups excluding carboxylic acids is 2. The lowest BCUT2D eigenvalue weighted by Crippen LogP contribution is -2.44. The minimum Gasteiger partial charge on any atom is -0.495 e. The molecule has 2 amide bonds. The number of anilines is 1. The monoisotopic (exact) mass is 375 g/mol. The van der Waals surface area contributed by atoms with Gasteiger partial charge in [-0.05, 0) is 37.9 Å². The minimum absolute atomic E-state index is 0.0298. The summed E-state index contributed by atoms with van der Waals surface area (Å²) in [5.41, 5.74) is 6.22. The fraction of sp³-hybridized carbons (Fsp3) is 0.600. The van der Waals surface area contributed by atoms with Gasteiger partial charge in [-0.15, -0.1) is 0 Å². The molecule has 148 valence electrons. The molecule has 0 aromatic heterocycles.